The van der Waals surface area contributed by atoms with Crippen molar-refractivity contribution < 1.29 is 27.9 Å². The first kappa shape index (κ1) is 20.6. The summed E-state index contributed by atoms with van der Waals surface area (Å²) in [6.07, 6.45) is 1.44. The van der Waals surface area contributed by atoms with Gasteiger partial charge in [0.25, 0.3) is 5.91 Å². The van der Waals surface area contributed by atoms with Gasteiger partial charge in [-0.1, -0.05) is 42.5 Å². The van der Waals surface area contributed by atoms with Gasteiger partial charge >= 0.3 is 5.97 Å². The number of nitrogens with zero attached hydrogens (tertiary/aromatic N) is 1. The van der Waals surface area contributed by atoms with Gasteiger partial charge in [0.2, 0.25) is 0 Å². The number of rotatable bonds is 5. The summed E-state index contributed by atoms with van der Waals surface area (Å²) in [5.74, 6) is -1.92. The van der Waals surface area contributed by atoms with Gasteiger partial charge in [-0.2, -0.15) is 0 Å². The first-order chi connectivity index (χ1) is 14.8. The number of hydrogen-bond acceptors (Lipinski definition) is 6. The topological polar surface area (TPSA) is 101 Å². The number of phenols is 1. The molecule has 158 valence electrons. The molecule has 1 heterocycles. The van der Waals surface area contributed by atoms with Crippen LogP contribution in [0.4, 0.5) is 5.69 Å². The Balaban J connectivity index is 1.53. The van der Waals surface area contributed by atoms with Gasteiger partial charge < -0.3 is 14.7 Å². The van der Waals surface area contributed by atoms with Crippen LogP contribution in [0.5, 0.6) is 5.75 Å². The van der Waals surface area contributed by atoms with Crippen LogP contribution in [-0.4, -0.2) is 43.8 Å². The van der Waals surface area contributed by atoms with Crippen LogP contribution in [0.1, 0.15) is 10.4 Å². The Bertz CT molecular complexity index is 1280. The number of anilines is 1. The largest absolute Gasteiger partial charge is 0.507 e. The SMILES string of the molecule is O=C(OCC(=O)N(c1ccccc1)C1C=CS(=O)(=O)C1)c1cc2ccccc2cc1O. The molecule has 1 N–H and O–H groups in total. The fourth-order valence-electron chi connectivity index (χ4n) is 3.50. The van der Waals surface area contributed by atoms with Crippen LogP contribution >= 0.6 is 0 Å². The molecule has 3 aromatic carbocycles. The number of ether oxygens (including phenoxy) is 1. The predicted molar refractivity (Wildman–Crippen MR) is 117 cm³/mol. The monoisotopic (exact) mass is 437 g/mol. The highest BCUT2D eigenvalue weighted by Crippen LogP contribution is 2.26. The van der Waals surface area contributed by atoms with Crippen LogP contribution in [0.3, 0.4) is 0 Å². The van der Waals surface area contributed by atoms with Crippen molar-refractivity contribution in [2.24, 2.45) is 0 Å². The Hall–Kier alpha value is -3.65. The molecular weight excluding hydrogens is 418 g/mol. The molecule has 0 saturated carbocycles. The Morgan fingerprint density at radius 3 is 2.29 bits per heavy atom. The van der Waals surface area contributed by atoms with E-state index >= 15 is 0 Å². The molecule has 1 unspecified atom stereocenters. The Kier molecular flexibility index (Phi) is 5.48. The minimum absolute atomic E-state index is 0.0545. The van der Waals surface area contributed by atoms with Gasteiger partial charge in [-0.25, -0.2) is 13.2 Å². The van der Waals surface area contributed by atoms with Crippen molar-refractivity contribution in [1.82, 2.24) is 0 Å². The molecule has 31 heavy (non-hydrogen) atoms. The maximum absolute atomic E-state index is 12.9. The zero-order valence-electron chi connectivity index (χ0n) is 16.3. The summed E-state index contributed by atoms with van der Waals surface area (Å²) in [6, 6.07) is 18.0. The molecule has 0 radical (unpaired) electrons. The van der Waals surface area contributed by atoms with Crippen LogP contribution in [0.15, 0.2) is 78.2 Å². The third-order valence-electron chi connectivity index (χ3n) is 4.96. The van der Waals surface area contributed by atoms with Gasteiger partial charge in [0.1, 0.15) is 11.3 Å². The van der Waals surface area contributed by atoms with Crippen molar-refractivity contribution in [2.45, 2.75) is 6.04 Å². The van der Waals surface area contributed by atoms with Crippen molar-refractivity contribution in [1.29, 1.82) is 0 Å². The number of hydrogen-bond donors (Lipinski definition) is 1. The number of sulfone groups is 1. The number of aromatic hydroxyl groups is 1. The van der Waals surface area contributed by atoms with Gasteiger partial charge in [0, 0.05) is 11.1 Å². The lowest BCUT2D eigenvalue weighted by atomic mass is 10.1. The molecule has 1 atom stereocenters. The minimum Gasteiger partial charge on any atom is -0.507 e. The second-order valence-electron chi connectivity index (χ2n) is 7.12. The number of esters is 1. The molecule has 7 nitrogen and oxygen atoms in total. The highest BCUT2D eigenvalue weighted by Gasteiger charge is 2.32. The van der Waals surface area contributed by atoms with E-state index in [0.717, 1.165) is 16.2 Å². The van der Waals surface area contributed by atoms with E-state index in [1.165, 1.54) is 23.1 Å². The van der Waals surface area contributed by atoms with Crippen molar-refractivity contribution >= 4 is 38.2 Å². The molecular formula is C23H19NO6S. The quantitative estimate of drug-likeness (QED) is 0.616. The fraction of sp³-hybridized carbons (Fsp3) is 0.130. The molecule has 0 aromatic heterocycles. The lowest BCUT2D eigenvalue weighted by molar-refractivity contribution is -0.121. The van der Waals surface area contributed by atoms with Crippen molar-refractivity contribution in [3.05, 3.63) is 83.8 Å². The molecule has 4 rings (SSSR count). The first-order valence-electron chi connectivity index (χ1n) is 9.51. The minimum atomic E-state index is -3.40. The average molecular weight is 437 g/mol. The average Bonchev–Trinajstić information content (AvgIpc) is 3.11. The van der Waals surface area contributed by atoms with Crippen LogP contribution < -0.4 is 4.90 Å². The molecule has 1 amide bonds. The number of phenolic OH excluding ortho intramolecular Hbond substituents is 1. The van der Waals surface area contributed by atoms with Crippen molar-refractivity contribution in [3.8, 4) is 5.75 Å². The molecule has 0 aliphatic carbocycles. The Labute approximate surface area is 179 Å². The first-order valence-corrected chi connectivity index (χ1v) is 11.2. The Morgan fingerprint density at radius 1 is 1.00 bits per heavy atom. The van der Waals surface area contributed by atoms with E-state index in [1.54, 1.807) is 48.5 Å². The van der Waals surface area contributed by atoms with Gasteiger partial charge in [-0.15, -0.1) is 0 Å². The van der Waals surface area contributed by atoms with Crippen LogP contribution in [-0.2, 0) is 19.4 Å². The van der Waals surface area contributed by atoms with E-state index in [1.807, 2.05) is 6.07 Å². The van der Waals surface area contributed by atoms with E-state index in [9.17, 15) is 23.1 Å². The van der Waals surface area contributed by atoms with Gasteiger partial charge in [0.05, 0.1) is 11.8 Å². The number of amides is 1. The number of para-hydroxylation sites is 1. The maximum Gasteiger partial charge on any atom is 0.342 e. The molecule has 0 saturated heterocycles. The zero-order chi connectivity index (χ0) is 22.0. The second kappa shape index (κ2) is 8.23. The number of benzene rings is 3. The van der Waals surface area contributed by atoms with Gasteiger partial charge in [-0.05, 0) is 41.1 Å². The predicted octanol–water partition coefficient (Wildman–Crippen LogP) is 3.05. The number of carbonyl (C=O) groups excluding carboxylic acids is 2. The lowest BCUT2D eigenvalue weighted by Crippen LogP contribution is -2.43. The van der Waals surface area contributed by atoms with E-state index < -0.39 is 34.4 Å². The molecule has 8 heteroatoms. The molecule has 0 bridgehead atoms. The van der Waals surface area contributed by atoms with Crippen LogP contribution in [0, 0.1) is 0 Å². The third-order valence-corrected chi connectivity index (χ3v) is 6.33. The van der Waals surface area contributed by atoms with E-state index in [-0.39, 0.29) is 17.1 Å². The van der Waals surface area contributed by atoms with E-state index in [0.29, 0.717) is 5.69 Å². The molecule has 0 fully saturated rings. The van der Waals surface area contributed by atoms with Crippen LogP contribution in [0.2, 0.25) is 0 Å². The highest BCUT2D eigenvalue weighted by atomic mass is 32.2. The van der Waals surface area contributed by atoms with E-state index in [2.05, 4.69) is 0 Å². The maximum atomic E-state index is 12.9. The summed E-state index contributed by atoms with van der Waals surface area (Å²) >= 11 is 0. The summed E-state index contributed by atoms with van der Waals surface area (Å²) < 4.78 is 28.9. The van der Waals surface area contributed by atoms with Gasteiger partial charge in [0.15, 0.2) is 16.4 Å². The number of fused-ring (bicyclic) bond motifs is 1. The van der Waals surface area contributed by atoms with Gasteiger partial charge in [-0.3, -0.25) is 4.79 Å². The smallest absolute Gasteiger partial charge is 0.342 e. The molecule has 0 spiro atoms. The summed E-state index contributed by atoms with van der Waals surface area (Å²) in [5, 5.41) is 12.8. The second-order valence-corrected chi connectivity index (χ2v) is 9.05. The van der Waals surface area contributed by atoms with E-state index in [4.69, 9.17) is 4.74 Å². The van der Waals surface area contributed by atoms with Crippen molar-refractivity contribution in [3.63, 3.8) is 0 Å². The highest BCUT2D eigenvalue weighted by molar-refractivity contribution is 7.94. The number of carbonyl (C=O) groups is 2. The standard InChI is InChI=1S/C23H19NO6S/c25-21-13-17-7-5-4-6-16(17)12-20(21)23(27)30-14-22(26)24(18-8-2-1-3-9-18)19-10-11-31(28,29)15-19/h1-13,19,25H,14-15H2. The van der Waals surface area contributed by atoms with Crippen molar-refractivity contribution in [2.75, 3.05) is 17.3 Å². The summed E-state index contributed by atoms with van der Waals surface area (Å²) in [4.78, 5) is 26.8. The zero-order valence-corrected chi connectivity index (χ0v) is 17.2. The Morgan fingerprint density at radius 2 is 1.65 bits per heavy atom. The third kappa shape index (κ3) is 4.44. The summed E-state index contributed by atoms with van der Waals surface area (Å²) in [6.45, 7) is -0.607. The summed E-state index contributed by atoms with van der Waals surface area (Å²) in [5.41, 5.74) is 0.435. The normalized spacial score (nSPS) is 16.8. The molecule has 1 aliphatic heterocycles. The fourth-order valence-corrected chi connectivity index (χ4v) is 4.76. The summed E-state index contributed by atoms with van der Waals surface area (Å²) in [7, 11) is -3.40. The van der Waals surface area contributed by atoms with Crippen LogP contribution in [0.25, 0.3) is 10.8 Å². The molecule has 3 aromatic rings. The lowest BCUT2D eigenvalue weighted by Gasteiger charge is -2.27. The molecule has 1 aliphatic rings.